The van der Waals surface area contributed by atoms with Crippen molar-refractivity contribution in [1.82, 2.24) is 15.1 Å². The van der Waals surface area contributed by atoms with Gasteiger partial charge >= 0.3 is 0 Å². The second kappa shape index (κ2) is 7.51. The fraction of sp³-hybridized carbons (Fsp3) is 0.333. The Labute approximate surface area is 140 Å². The molecule has 1 aromatic carbocycles. The largest absolute Gasteiger partial charge is 0.370 e. The van der Waals surface area contributed by atoms with Gasteiger partial charge in [0.2, 0.25) is 0 Å². The maximum atomic E-state index is 6.18. The van der Waals surface area contributed by atoms with E-state index in [9.17, 15) is 0 Å². The van der Waals surface area contributed by atoms with Crippen molar-refractivity contribution in [2.24, 2.45) is 10.7 Å². The van der Waals surface area contributed by atoms with Crippen molar-refractivity contribution < 1.29 is 0 Å². The normalized spacial score (nSPS) is 13.2. The minimum Gasteiger partial charge on any atom is -0.370 e. The highest BCUT2D eigenvalue weighted by atomic mass is 35.5. The maximum Gasteiger partial charge on any atom is 0.189 e. The number of nitrogens with zero attached hydrogens (tertiary/aromatic N) is 3. The van der Waals surface area contributed by atoms with Gasteiger partial charge in [-0.1, -0.05) is 29.3 Å². The Hall–Kier alpha value is -1.72. The third-order valence-corrected chi connectivity index (χ3v) is 3.73. The van der Waals surface area contributed by atoms with E-state index in [1.54, 1.807) is 12.1 Å². The standard InChI is InChI=1S/C15H19Cl2N5/c1-10-8-20-22(9-10)6-5-19-15(18)21-11(2)13-4-3-12(16)7-14(13)17/h3-4,7-9,11H,5-6H2,1-2H3,(H3,18,19,21). The molecule has 5 nitrogen and oxygen atoms in total. The highest BCUT2D eigenvalue weighted by Gasteiger charge is 2.10. The number of hydrogen-bond donors (Lipinski definition) is 2. The molecule has 22 heavy (non-hydrogen) atoms. The molecule has 1 heterocycles. The predicted molar refractivity (Wildman–Crippen MR) is 91.5 cm³/mol. The molecule has 1 atom stereocenters. The number of guanidine groups is 1. The first-order chi connectivity index (χ1) is 10.5. The smallest absolute Gasteiger partial charge is 0.189 e. The van der Waals surface area contributed by atoms with Gasteiger partial charge in [-0.25, -0.2) is 0 Å². The molecule has 0 saturated heterocycles. The van der Waals surface area contributed by atoms with Crippen molar-refractivity contribution in [2.45, 2.75) is 26.4 Å². The van der Waals surface area contributed by atoms with Gasteiger partial charge in [-0.15, -0.1) is 0 Å². The fourth-order valence-corrected chi connectivity index (χ4v) is 2.63. The number of aliphatic imine (C=N–C) groups is 1. The first-order valence-corrected chi connectivity index (χ1v) is 7.72. The molecule has 0 aliphatic carbocycles. The summed E-state index contributed by atoms with van der Waals surface area (Å²) >= 11 is 12.1. The molecule has 0 spiro atoms. The average Bonchev–Trinajstić information content (AvgIpc) is 2.84. The van der Waals surface area contributed by atoms with Crippen LogP contribution in [0.15, 0.2) is 35.6 Å². The quantitative estimate of drug-likeness (QED) is 0.649. The zero-order valence-corrected chi connectivity index (χ0v) is 14.1. The van der Waals surface area contributed by atoms with E-state index in [1.807, 2.05) is 37.0 Å². The molecule has 0 radical (unpaired) electrons. The Morgan fingerprint density at radius 2 is 2.23 bits per heavy atom. The summed E-state index contributed by atoms with van der Waals surface area (Å²) in [6.45, 7) is 5.21. The number of benzene rings is 1. The van der Waals surface area contributed by atoms with Crippen LogP contribution in [0, 0.1) is 6.92 Å². The lowest BCUT2D eigenvalue weighted by Crippen LogP contribution is -2.34. The molecular formula is C15H19Cl2N5. The molecule has 3 N–H and O–H groups in total. The van der Waals surface area contributed by atoms with Gasteiger partial charge in [-0.05, 0) is 37.1 Å². The lowest BCUT2D eigenvalue weighted by molar-refractivity contribution is 0.621. The van der Waals surface area contributed by atoms with Crippen LogP contribution in [0.2, 0.25) is 10.0 Å². The fourth-order valence-electron chi connectivity index (χ4n) is 2.06. The van der Waals surface area contributed by atoms with E-state index in [2.05, 4.69) is 15.4 Å². The minimum absolute atomic E-state index is 0.0551. The molecular weight excluding hydrogens is 321 g/mol. The zero-order chi connectivity index (χ0) is 16.1. The molecule has 2 rings (SSSR count). The second-order valence-electron chi connectivity index (χ2n) is 5.08. The Kier molecular flexibility index (Phi) is 5.69. The van der Waals surface area contributed by atoms with Crippen LogP contribution in [0.1, 0.15) is 24.1 Å². The van der Waals surface area contributed by atoms with Crippen LogP contribution in [0.5, 0.6) is 0 Å². The van der Waals surface area contributed by atoms with Gasteiger partial charge in [0.05, 0.1) is 25.3 Å². The number of rotatable bonds is 5. The summed E-state index contributed by atoms with van der Waals surface area (Å²) in [5.74, 6) is 0.377. The molecule has 0 amide bonds. The summed E-state index contributed by atoms with van der Waals surface area (Å²) in [4.78, 5) is 4.29. The minimum atomic E-state index is -0.0551. The second-order valence-corrected chi connectivity index (χ2v) is 5.92. The van der Waals surface area contributed by atoms with Crippen LogP contribution in [-0.4, -0.2) is 22.3 Å². The van der Waals surface area contributed by atoms with Gasteiger partial charge in [0.15, 0.2) is 5.96 Å². The Morgan fingerprint density at radius 3 is 2.86 bits per heavy atom. The van der Waals surface area contributed by atoms with Crippen LogP contribution >= 0.6 is 23.2 Å². The molecule has 0 aliphatic rings. The molecule has 1 unspecified atom stereocenters. The molecule has 0 saturated carbocycles. The van der Waals surface area contributed by atoms with E-state index in [0.717, 1.165) is 11.1 Å². The Bertz CT molecular complexity index is 666. The summed E-state index contributed by atoms with van der Waals surface area (Å²) in [6, 6.07) is 5.33. The highest BCUT2D eigenvalue weighted by Crippen LogP contribution is 2.25. The van der Waals surface area contributed by atoms with Crippen molar-refractivity contribution in [3.8, 4) is 0 Å². The number of nitrogens with two attached hydrogens (primary N) is 1. The van der Waals surface area contributed by atoms with E-state index >= 15 is 0 Å². The van der Waals surface area contributed by atoms with E-state index in [4.69, 9.17) is 28.9 Å². The Balaban J connectivity index is 1.89. The first kappa shape index (κ1) is 16.6. The molecule has 2 aromatic rings. The molecule has 1 aromatic heterocycles. The van der Waals surface area contributed by atoms with Gasteiger partial charge in [0.1, 0.15) is 0 Å². The number of hydrogen-bond acceptors (Lipinski definition) is 2. The van der Waals surface area contributed by atoms with Gasteiger partial charge in [0, 0.05) is 16.2 Å². The van der Waals surface area contributed by atoms with Crippen molar-refractivity contribution in [1.29, 1.82) is 0 Å². The van der Waals surface area contributed by atoms with Crippen LogP contribution in [0.4, 0.5) is 0 Å². The highest BCUT2D eigenvalue weighted by molar-refractivity contribution is 6.35. The van der Waals surface area contributed by atoms with Crippen molar-refractivity contribution in [3.63, 3.8) is 0 Å². The number of aromatic nitrogens is 2. The molecule has 7 heteroatoms. The first-order valence-electron chi connectivity index (χ1n) is 6.96. The van der Waals surface area contributed by atoms with Crippen molar-refractivity contribution >= 4 is 29.2 Å². The monoisotopic (exact) mass is 339 g/mol. The Morgan fingerprint density at radius 1 is 1.45 bits per heavy atom. The topological polar surface area (TPSA) is 68.2 Å². The van der Waals surface area contributed by atoms with E-state index in [0.29, 0.717) is 29.1 Å². The molecule has 118 valence electrons. The molecule has 0 fully saturated rings. The summed E-state index contributed by atoms with van der Waals surface area (Å²) in [5.41, 5.74) is 7.95. The van der Waals surface area contributed by atoms with Crippen LogP contribution < -0.4 is 11.1 Å². The lowest BCUT2D eigenvalue weighted by atomic mass is 10.1. The third-order valence-electron chi connectivity index (χ3n) is 3.17. The van der Waals surface area contributed by atoms with Crippen molar-refractivity contribution in [2.75, 3.05) is 6.54 Å². The maximum absolute atomic E-state index is 6.18. The molecule has 0 aliphatic heterocycles. The third kappa shape index (κ3) is 4.64. The van der Waals surface area contributed by atoms with Gasteiger partial charge in [0.25, 0.3) is 0 Å². The summed E-state index contributed by atoms with van der Waals surface area (Å²) in [7, 11) is 0. The summed E-state index contributed by atoms with van der Waals surface area (Å²) in [6.07, 6.45) is 3.78. The van der Waals surface area contributed by atoms with Crippen LogP contribution in [0.3, 0.4) is 0 Å². The van der Waals surface area contributed by atoms with Crippen LogP contribution in [-0.2, 0) is 6.54 Å². The van der Waals surface area contributed by atoms with Crippen LogP contribution in [0.25, 0.3) is 0 Å². The predicted octanol–water partition coefficient (Wildman–Crippen LogP) is 3.16. The average molecular weight is 340 g/mol. The number of nitrogens with one attached hydrogen (secondary N) is 1. The molecule has 0 bridgehead atoms. The summed E-state index contributed by atoms with van der Waals surface area (Å²) < 4.78 is 1.84. The van der Waals surface area contributed by atoms with Crippen molar-refractivity contribution in [3.05, 3.63) is 51.8 Å². The number of halogens is 2. The van der Waals surface area contributed by atoms with E-state index < -0.39 is 0 Å². The summed E-state index contributed by atoms with van der Waals surface area (Å²) in [5, 5.41) is 8.53. The number of aryl methyl sites for hydroxylation is 1. The van der Waals surface area contributed by atoms with Gasteiger partial charge in [-0.3, -0.25) is 9.67 Å². The zero-order valence-electron chi connectivity index (χ0n) is 12.6. The van der Waals surface area contributed by atoms with Gasteiger partial charge < -0.3 is 11.1 Å². The SMILES string of the molecule is Cc1cnn(CCN=C(N)NC(C)c2ccc(Cl)cc2Cl)c1. The van der Waals surface area contributed by atoms with E-state index in [1.165, 1.54) is 0 Å². The lowest BCUT2D eigenvalue weighted by Gasteiger charge is -2.16. The van der Waals surface area contributed by atoms with Gasteiger partial charge in [-0.2, -0.15) is 5.10 Å². The van der Waals surface area contributed by atoms with E-state index in [-0.39, 0.29) is 6.04 Å².